The zero-order chi connectivity index (χ0) is 10.8. The van der Waals surface area contributed by atoms with Crippen LogP contribution in [0.1, 0.15) is 18.1 Å². The molecule has 0 aromatic heterocycles. The summed E-state index contributed by atoms with van der Waals surface area (Å²) in [7, 11) is 0. The molecule has 1 aliphatic heterocycles. The molecule has 1 atom stereocenters. The smallest absolute Gasteiger partial charge is 0.0639 e. The number of rotatable bonds is 2. The first-order chi connectivity index (χ1) is 7.16. The molecule has 0 saturated carbocycles. The van der Waals surface area contributed by atoms with Gasteiger partial charge in [0.25, 0.3) is 0 Å². The van der Waals surface area contributed by atoms with Crippen molar-refractivity contribution in [1.82, 2.24) is 4.90 Å². The van der Waals surface area contributed by atoms with E-state index in [9.17, 15) is 5.11 Å². The lowest BCUT2D eigenvalue weighted by atomic mass is 9.98. The van der Waals surface area contributed by atoms with Gasteiger partial charge in [0.2, 0.25) is 0 Å². The topological polar surface area (TPSA) is 49.5 Å². The van der Waals surface area contributed by atoms with Crippen molar-refractivity contribution >= 4 is 5.69 Å². The van der Waals surface area contributed by atoms with Crippen molar-refractivity contribution in [3.63, 3.8) is 0 Å². The third kappa shape index (κ3) is 2.30. The Hall–Kier alpha value is -1.06. The molecule has 0 saturated heterocycles. The largest absolute Gasteiger partial charge is 0.398 e. The zero-order valence-electron chi connectivity index (χ0n) is 9.11. The number of β-amino-alcohol motifs (C(OH)–C–C–N with tert-alkyl or cyclic N) is 1. The normalized spacial score (nSPS) is 18.5. The predicted molar refractivity (Wildman–Crippen MR) is 61.5 cm³/mol. The third-order valence-corrected chi connectivity index (χ3v) is 2.90. The minimum Gasteiger partial charge on any atom is -0.398 e. The van der Waals surface area contributed by atoms with Gasteiger partial charge in [0.05, 0.1) is 6.10 Å². The number of benzene rings is 1. The Labute approximate surface area is 90.5 Å². The van der Waals surface area contributed by atoms with Gasteiger partial charge in [-0.1, -0.05) is 12.1 Å². The quantitative estimate of drug-likeness (QED) is 0.710. The molecule has 1 aromatic carbocycles. The van der Waals surface area contributed by atoms with Crippen LogP contribution >= 0.6 is 0 Å². The fourth-order valence-corrected chi connectivity index (χ4v) is 2.23. The highest BCUT2D eigenvalue weighted by atomic mass is 16.3. The van der Waals surface area contributed by atoms with Crippen LogP contribution in [0.2, 0.25) is 0 Å². The van der Waals surface area contributed by atoms with Gasteiger partial charge in [-0.3, -0.25) is 4.90 Å². The molecule has 0 unspecified atom stereocenters. The molecule has 3 nitrogen and oxygen atoms in total. The highest BCUT2D eigenvalue weighted by Gasteiger charge is 2.18. The van der Waals surface area contributed by atoms with Crippen molar-refractivity contribution in [2.45, 2.75) is 26.0 Å². The highest BCUT2D eigenvalue weighted by Crippen LogP contribution is 2.23. The van der Waals surface area contributed by atoms with Gasteiger partial charge in [-0.05, 0) is 30.5 Å². The summed E-state index contributed by atoms with van der Waals surface area (Å²) in [6.45, 7) is 4.47. The van der Waals surface area contributed by atoms with Crippen LogP contribution in [0.5, 0.6) is 0 Å². The standard InChI is InChI=1S/C12H18N2O/c1-9(15)7-14-6-5-11-10(8-14)3-2-4-12(11)13/h2-4,9,15H,5-8,13H2,1H3/t9-/m1/s1. The molecule has 1 aromatic rings. The van der Waals surface area contributed by atoms with E-state index >= 15 is 0 Å². The van der Waals surface area contributed by atoms with Crippen molar-refractivity contribution in [2.75, 3.05) is 18.8 Å². The summed E-state index contributed by atoms with van der Waals surface area (Å²) in [4.78, 5) is 2.27. The Bertz CT molecular complexity index is 349. The number of hydrogen-bond acceptors (Lipinski definition) is 3. The van der Waals surface area contributed by atoms with E-state index in [0.717, 1.165) is 31.7 Å². The lowest BCUT2D eigenvalue weighted by molar-refractivity contribution is 0.119. The second kappa shape index (κ2) is 4.21. The molecule has 2 rings (SSSR count). The molecule has 0 fully saturated rings. The molecule has 0 bridgehead atoms. The Balaban J connectivity index is 2.13. The van der Waals surface area contributed by atoms with Crippen molar-refractivity contribution in [3.8, 4) is 0 Å². The molecule has 82 valence electrons. The summed E-state index contributed by atoms with van der Waals surface area (Å²) in [6.07, 6.45) is 0.738. The minimum atomic E-state index is -0.257. The first-order valence-corrected chi connectivity index (χ1v) is 5.43. The maximum absolute atomic E-state index is 9.34. The first kappa shape index (κ1) is 10.5. The number of aliphatic hydroxyl groups excluding tert-OH is 1. The minimum absolute atomic E-state index is 0.257. The van der Waals surface area contributed by atoms with Crippen molar-refractivity contribution in [1.29, 1.82) is 0 Å². The molecule has 3 N–H and O–H groups in total. The summed E-state index contributed by atoms with van der Waals surface area (Å²) in [6, 6.07) is 6.09. The molecular weight excluding hydrogens is 188 g/mol. The number of nitrogens with two attached hydrogens (primary N) is 1. The van der Waals surface area contributed by atoms with Gasteiger partial charge < -0.3 is 10.8 Å². The van der Waals surface area contributed by atoms with E-state index in [4.69, 9.17) is 5.73 Å². The Kier molecular flexibility index (Phi) is 2.93. The number of nitrogens with zero attached hydrogens (tertiary/aromatic N) is 1. The lowest BCUT2D eigenvalue weighted by Gasteiger charge is -2.30. The Morgan fingerprint density at radius 1 is 1.53 bits per heavy atom. The Morgan fingerprint density at radius 2 is 2.33 bits per heavy atom. The van der Waals surface area contributed by atoms with Gasteiger partial charge >= 0.3 is 0 Å². The number of anilines is 1. The van der Waals surface area contributed by atoms with Gasteiger partial charge in [0.1, 0.15) is 0 Å². The monoisotopic (exact) mass is 206 g/mol. The summed E-state index contributed by atoms with van der Waals surface area (Å²) in [5.74, 6) is 0. The maximum atomic E-state index is 9.34. The fourth-order valence-electron chi connectivity index (χ4n) is 2.23. The van der Waals surface area contributed by atoms with Crippen LogP contribution in [0, 0.1) is 0 Å². The molecule has 1 aliphatic rings. The van der Waals surface area contributed by atoms with E-state index in [1.807, 2.05) is 19.1 Å². The number of fused-ring (bicyclic) bond motifs is 1. The van der Waals surface area contributed by atoms with E-state index in [1.54, 1.807) is 0 Å². The van der Waals surface area contributed by atoms with E-state index in [1.165, 1.54) is 11.1 Å². The average molecular weight is 206 g/mol. The van der Waals surface area contributed by atoms with E-state index in [2.05, 4.69) is 11.0 Å². The third-order valence-electron chi connectivity index (χ3n) is 2.90. The van der Waals surface area contributed by atoms with Crippen LogP contribution in [0.3, 0.4) is 0 Å². The molecular formula is C12H18N2O. The predicted octanol–water partition coefficient (Wildman–Crippen LogP) is 1.01. The number of hydrogen-bond donors (Lipinski definition) is 2. The van der Waals surface area contributed by atoms with E-state index in [-0.39, 0.29) is 6.10 Å². The van der Waals surface area contributed by atoms with Crippen LogP contribution in [0.15, 0.2) is 18.2 Å². The molecule has 1 heterocycles. The van der Waals surface area contributed by atoms with Gasteiger partial charge in [-0.25, -0.2) is 0 Å². The summed E-state index contributed by atoms with van der Waals surface area (Å²) < 4.78 is 0. The van der Waals surface area contributed by atoms with Crippen LogP contribution in [-0.4, -0.2) is 29.2 Å². The van der Waals surface area contributed by atoms with Crippen molar-refractivity contribution < 1.29 is 5.11 Å². The van der Waals surface area contributed by atoms with Crippen LogP contribution in [-0.2, 0) is 13.0 Å². The van der Waals surface area contributed by atoms with Gasteiger partial charge in [0.15, 0.2) is 0 Å². The van der Waals surface area contributed by atoms with Gasteiger partial charge in [-0.15, -0.1) is 0 Å². The van der Waals surface area contributed by atoms with Gasteiger partial charge in [0, 0.05) is 25.3 Å². The van der Waals surface area contributed by atoms with Gasteiger partial charge in [-0.2, -0.15) is 0 Å². The number of nitrogen functional groups attached to an aromatic ring is 1. The fraction of sp³-hybridized carbons (Fsp3) is 0.500. The van der Waals surface area contributed by atoms with Crippen LogP contribution in [0.4, 0.5) is 5.69 Å². The highest BCUT2D eigenvalue weighted by molar-refractivity contribution is 5.51. The molecule has 0 radical (unpaired) electrons. The first-order valence-electron chi connectivity index (χ1n) is 5.43. The van der Waals surface area contributed by atoms with Crippen molar-refractivity contribution in [3.05, 3.63) is 29.3 Å². The molecule has 15 heavy (non-hydrogen) atoms. The van der Waals surface area contributed by atoms with E-state index < -0.39 is 0 Å². The van der Waals surface area contributed by atoms with Crippen LogP contribution in [0.25, 0.3) is 0 Å². The molecule has 0 spiro atoms. The molecule has 0 amide bonds. The lowest BCUT2D eigenvalue weighted by Crippen LogP contribution is -2.35. The van der Waals surface area contributed by atoms with E-state index in [0.29, 0.717) is 0 Å². The van der Waals surface area contributed by atoms with Crippen LogP contribution < -0.4 is 5.73 Å². The SMILES string of the molecule is C[C@@H](O)CN1CCc2c(N)cccc2C1. The summed E-state index contributed by atoms with van der Waals surface area (Å²) in [5.41, 5.74) is 9.43. The average Bonchev–Trinajstić information content (AvgIpc) is 2.17. The molecule has 3 heteroatoms. The summed E-state index contributed by atoms with van der Waals surface area (Å²) in [5, 5.41) is 9.34. The second-order valence-electron chi connectivity index (χ2n) is 4.32. The Morgan fingerprint density at radius 3 is 3.07 bits per heavy atom. The van der Waals surface area contributed by atoms with Crippen molar-refractivity contribution in [2.24, 2.45) is 0 Å². The molecule has 0 aliphatic carbocycles. The zero-order valence-corrected chi connectivity index (χ0v) is 9.11. The summed E-state index contributed by atoms with van der Waals surface area (Å²) >= 11 is 0. The number of aliphatic hydroxyl groups is 1. The maximum Gasteiger partial charge on any atom is 0.0639 e. The second-order valence-corrected chi connectivity index (χ2v) is 4.32.